The maximum absolute atomic E-state index is 12.5. The number of rotatable bonds is 3. The lowest BCUT2D eigenvalue weighted by Crippen LogP contribution is -2.26. The Hall–Kier alpha value is -1.63. The van der Waals surface area contributed by atoms with Crippen molar-refractivity contribution in [3.05, 3.63) is 57.5 Å². The summed E-state index contributed by atoms with van der Waals surface area (Å²) < 4.78 is 6.50. The van der Waals surface area contributed by atoms with E-state index < -0.39 is 0 Å². The molecule has 120 valence electrons. The normalized spacial score (nSPS) is 10.1. The minimum absolute atomic E-state index is 0.255. The first-order valence-electron chi connectivity index (χ1n) is 6.62. The number of nitrogens with one attached hydrogen (secondary N) is 1. The van der Waals surface area contributed by atoms with E-state index in [1.165, 1.54) is 0 Å². The molecular weight excluding hydrogens is 400 g/mol. The summed E-state index contributed by atoms with van der Waals surface area (Å²) in [6, 6.07) is 12.1. The van der Waals surface area contributed by atoms with E-state index in [2.05, 4.69) is 21.2 Å². The van der Waals surface area contributed by atoms with Crippen molar-refractivity contribution in [1.82, 2.24) is 4.90 Å². The SMILES string of the molecule is CN(C)C(=S)Oc1ccc(Cl)cc1C(=O)Nc1ccc(Br)cc1. The lowest BCUT2D eigenvalue weighted by Gasteiger charge is -2.16. The quantitative estimate of drug-likeness (QED) is 0.748. The predicted molar refractivity (Wildman–Crippen MR) is 100 cm³/mol. The van der Waals surface area contributed by atoms with Gasteiger partial charge in [-0.1, -0.05) is 27.5 Å². The van der Waals surface area contributed by atoms with Crippen molar-refractivity contribution in [3.8, 4) is 5.75 Å². The van der Waals surface area contributed by atoms with Crippen molar-refractivity contribution < 1.29 is 9.53 Å². The zero-order valence-corrected chi connectivity index (χ0v) is 15.6. The van der Waals surface area contributed by atoms with Crippen LogP contribution >= 0.6 is 39.7 Å². The number of halogens is 2. The average molecular weight is 414 g/mol. The van der Waals surface area contributed by atoms with Crippen molar-refractivity contribution in [3.63, 3.8) is 0 Å². The molecule has 0 atom stereocenters. The highest BCUT2D eigenvalue weighted by atomic mass is 79.9. The molecule has 0 bridgehead atoms. The molecule has 4 nitrogen and oxygen atoms in total. The summed E-state index contributed by atoms with van der Waals surface area (Å²) >= 11 is 14.5. The van der Waals surface area contributed by atoms with Crippen LogP contribution in [-0.2, 0) is 0 Å². The van der Waals surface area contributed by atoms with Gasteiger partial charge in [0.15, 0.2) is 0 Å². The van der Waals surface area contributed by atoms with Crippen LogP contribution in [-0.4, -0.2) is 30.1 Å². The number of carbonyl (C=O) groups excluding carboxylic acids is 1. The van der Waals surface area contributed by atoms with Crippen molar-refractivity contribution >= 4 is 56.5 Å². The van der Waals surface area contributed by atoms with Gasteiger partial charge in [0, 0.05) is 29.3 Å². The maximum Gasteiger partial charge on any atom is 0.264 e. The van der Waals surface area contributed by atoms with Gasteiger partial charge in [0.1, 0.15) is 5.75 Å². The molecule has 23 heavy (non-hydrogen) atoms. The predicted octanol–water partition coefficient (Wildman–Crippen LogP) is 4.58. The van der Waals surface area contributed by atoms with E-state index in [-0.39, 0.29) is 11.1 Å². The molecule has 7 heteroatoms. The molecule has 2 rings (SSSR count). The molecule has 0 saturated heterocycles. The van der Waals surface area contributed by atoms with E-state index in [0.717, 1.165) is 4.47 Å². The fraction of sp³-hybridized carbons (Fsp3) is 0.125. The van der Waals surface area contributed by atoms with Crippen molar-refractivity contribution in [2.45, 2.75) is 0 Å². The smallest absolute Gasteiger partial charge is 0.264 e. The van der Waals surface area contributed by atoms with Crippen LogP contribution in [0.2, 0.25) is 5.02 Å². The number of carbonyl (C=O) groups is 1. The first-order chi connectivity index (χ1) is 10.9. The van der Waals surface area contributed by atoms with Crippen LogP contribution in [0, 0.1) is 0 Å². The number of hydrogen-bond acceptors (Lipinski definition) is 3. The molecule has 0 saturated carbocycles. The van der Waals surface area contributed by atoms with Gasteiger partial charge < -0.3 is 15.0 Å². The van der Waals surface area contributed by atoms with Gasteiger partial charge in [-0.25, -0.2) is 0 Å². The topological polar surface area (TPSA) is 41.6 Å². The molecular formula is C16H14BrClN2O2S. The lowest BCUT2D eigenvalue weighted by atomic mass is 10.2. The Balaban J connectivity index is 2.26. The third-order valence-electron chi connectivity index (χ3n) is 2.85. The molecule has 0 unspecified atom stereocenters. The third kappa shape index (κ3) is 4.92. The number of hydrogen-bond donors (Lipinski definition) is 1. The van der Waals surface area contributed by atoms with Gasteiger partial charge in [0.05, 0.1) is 5.56 Å². The number of benzene rings is 2. The van der Waals surface area contributed by atoms with Gasteiger partial charge in [-0.2, -0.15) is 0 Å². The molecule has 0 aliphatic heterocycles. The summed E-state index contributed by atoms with van der Waals surface area (Å²) in [7, 11) is 3.53. The second-order valence-corrected chi connectivity index (χ2v) is 6.57. The van der Waals surface area contributed by atoms with E-state index in [1.807, 2.05) is 12.1 Å². The number of ether oxygens (including phenoxy) is 1. The Morgan fingerprint density at radius 2 is 1.87 bits per heavy atom. The second-order valence-electron chi connectivity index (χ2n) is 4.86. The Kier molecular flexibility index (Phi) is 5.98. The van der Waals surface area contributed by atoms with E-state index in [0.29, 0.717) is 22.0 Å². The van der Waals surface area contributed by atoms with Crippen molar-refractivity contribution in [2.24, 2.45) is 0 Å². The Labute approximate surface area is 153 Å². The minimum Gasteiger partial charge on any atom is -0.431 e. The minimum atomic E-state index is -0.327. The van der Waals surface area contributed by atoms with Gasteiger partial charge in [0.2, 0.25) is 0 Å². The zero-order chi connectivity index (χ0) is 17.0. The highest BCUT2D eigenvalue weighted by molar-refractivity contribution is 9.10. The molecule has 0 aliphatic rings. The van der Waals surface area contributed by atoms with Crippen molar-refractivity contribution in [2.75, 3.05) is 19.4 Å². The van der Waals surface area contributed by atoms with E-state index in [4.69, 9.17) is 28.6 Å². The molecule has 0 aromatic heterocycles. The summed E-state index contributed by atoms with van der Waals surface area (Å²) in [6.45, 7) is 0. The summed E-state index contributed by atoms with van der Waals surface area (Å²) in [6.07, 6.45) is 0. The fourth-order valence-electron chi connectivity index (χ4n) is 1.69. The summed E-state index contributed by atoms with van der Waals surface area (Å²) in [5.74, 6) is 0.0223. The summed E-state index contributed by atoms with van der Waals surface area (Å²) in [5, 5.41) is 3.49. The van der Waals surface area contributed by atoms with E-state index >= 15 is 0 Å². The fourth-order valence-corrected chi connectivity index (χ4v) is 2.21. The van der Waals surface area contributed by atoms with Crippen LogP contribution in [0.1, 0.15) is 10.4 Å². The van der Waals surface area contributed by atoms with Gasteiger partial charge in [-0.15, -0.1) is 0 Å². The molecule has 0 heterocycles. The first-order valence-corrected chi connectivity index (χ1v) is 8.20. The largest absolute Gasteiger partial charge is 0.431 e. The molecule has 0 spiro atoms. The Morgan fingerprint density at radius 1 is 1.22 bits per heavy atom. The zero-order valence-electron chi connectivity index (χ0n) is 12.5. The molecule has 1 N–H and O–H groups in total. The Bertz CT molecular complexity index is 735. The first kappa shape index (κ1) is 17.7. The second kappa shape index (κ2) is 7.77. The highest BCUT2D eigenvalue weighted by Gasteiger charge is 2.16. The molecule has 0 radical (unpaired) electrons. The van der Waals surface area contributed by atoms with Gasteiger partial charge >= 0.3 is 0 Å². The molecule has 1 amide bonds. The van der Waals surface area contributed by atoms with Crippen LogP contribution in [0.5, 0.6) is 5.75 Å². The van der Waals surface area contributed by atoms with Crippen molar-refractivity contribution in [1.29, 1.82) is 0 Å². The van der Waals surface area contributed by atoms with Gasteiger partial charge in [-0.05, 0) is 54.7 Å². The number of amides is 1. The van der Waals surface area contributed by atoms with Gasteiger partial charge in [-0.3, -0.25) is 4.79 Å². The lowest BCUT2D eigenvalue weighted by molar-refractivity contribution is 0.102. The average Bonchev–Trinajstić information content (AvgIpc) is 2.51. The standard InChI is InChI=1S/C16H14BrClN2O2S/c1-20(2)16(23)22-14-8-5-11(18)9-13(14)15(21)19-12-6-3-10(17)4-7-12/h3-9H,1-2H3,(H,19,21). The van der Waals surface area contributed by atoms with E-state index in [1.54, 1.807) is 49.3 Å². The molecule has 0 aliphatic carbocycles. The van der Waals surface area contributed by atoms with Crippen LogP contribution in [0.15, 0.2) is 46.9 Å². The maximum atomic E-state index is 12.5. The van der Waals surface area contributed by atoms with Crippen LogP contribution < -0.4 is 10.1 Å². The summed E-state index contributed by atoms with van der Waals surface area (Å²) in [4.78, 5) is 14.1. The van der Waals surface area contributed by atoms with Crippen LogP contribution in [0.3, 0.4) is 0 Å². The number of thiocarbonyl (C=S) groups is 1. The summed E-state index contributed by atoms with van der Waals surface area (Å²) in [5.41, 5.74) is 0.976. The molecule has 2 aromatic carbocycles. The number of nitrogens with zero attached hydrogens (tertiary/aromatic N) is 1. The van der Waals surface area contributed by atoms with Gasteiger partial charge in [0.25, 0.3) is 11.1 Å². The third-order valence-corrected chi connectivity index (χ3v) is 4.06. The van der Waals surface area contributed by atoms with Crippen LogP contribution in [0.25, 0.3) is 0 Å². The monoisotopic (exact) mass is 412 g/mol. The molecule has 0 fully saturated rings. The van der Waals surface area contributed by atoms with E-state index in [9.17, 15) is 4.79 Å². The highest BCUT2D eigenvalue weighted by Crippen LogP contribution is 2.25. The van der Waals surface area contributed by atoms with Crippen LogP contribution in [0.4, 0.5) is 5.69 Å². The number of anilines is 1. The Morgan fingerprint density at radius 3 is 2.48 bits per heavy atom. The molecule has 2 aromatic rings.